The molecule has 0 spiro atoms. The Labute approximate surface area is 200 Å². The number of halogens is 1. The number of aromatic nitrogens is 2. The van der Waals surface area contributed by atoms with Crippen LogP contribution in [0.4, 0.5) is 11.5 Å². The number of likely N-dealkylation sites (tertiary alicyclic amines) is 1. The maximum absolute atomic E-state index is 13.3. The molecule has 4 rings (SSSR count). The van der Waals surface area contributed by atoms with E-state index in [1.165, 1.54) is 6.33 Å². The van der Waals surface area contributed by atoms with Crippen LogP contribution in [0.15, 0.2) is 24.5 Å². The highest BCUT2D eigenvalue weighted by Crippen LogP contribution is 2.27. The fourth-order valence-electron chi connectivity index (χ4n) is 4.50. The molecule has 2 atom stereocenters. The second kappa shape index (κ2) is 10.8. The maximum atomic E-state index is 13.3. The molecule has 2 saturated heterocycles. The minimum absolute atomic E-state index is 0.0555. The molecule has 3 heterocycles. The normalized spacial score (nSPS) is 21.8. The largest absolute Gasteiger partial charge is 0.379 e. The molecule has 2 aromatic rings. The van der Waals surface area contributed by atoms with Gasteiger partial charge in [0.1, 0.15) is 17.8 Å². The number of anilines is 2. The Morgan fingerprint density at radius 2 is 1.97 bits per heavy atom. The third kappa shape index (κ3) is 5.46. The smallest absolute Gasteiger partial charge is 0.272 e. The average molecular weight is 474 g/mol. The zero-order valence-corrected chi connectivity index (χ0v) is 20.2. The van der Waals surface area contributed by atoms with Gasteiger partial charge >= 0.3 is 0 Å². The third-order valence-electron chi connectivity index (χ3n) is 6.65. The lowest BCUT2D eigenvalue weighted by Crippen LogP contribution is -2.54. The predicted octanol–water partition coefficient (Wildman–Crippen LogP) is 3.49. The fourth-order valence-corrected chi connectivity index (χ4v) is 4.67. The summed E-state index contributed by atoms with van der Waals surface area (Å²) in [7, 11) is 1.73. The van der Waals surface area contributed by atoms with E-state index in [0.29, 0.717) is 48.3 Å². The van der Waals surface area contributed by atoms with Crippen LogP contribution in [0.5, 0.6) is 0 Å². The van der Waals surface area contributed by atoms with E-state index >= 15 is 0 Å². The molecule has 2 unspecified atom stereocenters. The molecule has 0 saturated carbocycles. The Hall–Kier alpha value is -2.26. The quantitative estimate of drug-likeness (QED) is 0.663. The van der Waals surface area contributed by atoms with Crippen LogP contribution in [0.25, 0.3) is 0 Å². The molecule has 33 heavy (non-hydrogen) atoms. The summed E-state index contributed by atoms with van der Waals surface area (Å²) in [6.45, 7) is 6.59. The number of rotatable bonds is 6. The molecule has 1 aromatic carbocycles. The molecule has 9 heteroatoms. The summed E-state index contributed by atoms with van der Waals surface area (Å²) in [5.41, 5.74) is 2.95. The first-order valence-electron chi connectivity index (χ1n) is 11.5. The van der Waals surface area contributed by atoms with Crippen LogP contribution in [-0.2, 0) is 9.47 Å². The van der Waals surface area contributed by atoms with E-state index in [-0.39, 0.29) is 12.0 Å². The van der Waals surface area contributed by atoms with E-state index in [1.54, 1.807) is 7.11 Å². The Balaban J connectivity index is 1.39. The number of methoxy groups -OCH3 is 1. The number of ether oxygens (including phenoxy) is 2. The highest BCUT2D eigenvalue weighted by atomic mass is 35.5. The van der Waals surface area contributed by atoms with Crippen LogP contribution in [0.1, 0.15) is 40.9 Å². The number of carbonyl (C=O) groups is 1. The Bertz CT molecular complexity index is 981. The SMILES string of the molecule is COC1COCCC1NC1CCN(C(=O)c2ncnc(Nc3cccc(Cl)c3C)c2C)CC1. The second-order valence-electron chi connectivity index (χ2n) is 8.71. The molecule has 0 bridgehead atoms. The van der Waals surface area contributed by atoms with Crippen molar-refractivity contribution in [2.45, 2.75) is 51.3 Å². The standard InChI is InChI=1S/C24H32ClN5O3/c1-15-18(25)5-4-6-19(15)29-23-16(2)22(26-14-27-23)24(31)30-10-7-17(8-11-30)28-20-9-12-33-13-21(20)32-3/h4-6,14,17,20-21,28H,7-13H2,1-3H3,(H,26,27,29). The number of nitrogens with zero attached hydrogens (tertiary/aromatic N) is 3. The molecule has 1 amide bonds. The van der Waals surface area contributed by atoms with Crippen molar-refractivity contribution < 1.29 is 14.3 Å². The van der Waals surface area contributed by atoms with Crippen molar-refractivity contribution in [1.29, 1.82) is 0 Å². The van der Waals surface area contributed by atoms with E-state index < -0.39 is 0 Å². The van der Waals surface area contributed by atoms with Crippen LogP contribution < -0.4 is 10.6 Å². The van der Waals surface area contributed by atoms with Gasteiger partial charge in [0.25, 0.3) is 5.91 Å². The van der Waals surface area contributed by atoms with Crippen molar-refractivity contribution in [3.63, 3.8) is 0 Å². The maximum Gasteiger partial charge on any atom is 0.272 e. The predicted molar refractivity (Wildman–Crippen MR) is 128 cm³/mol. The van der Waals surface area contributed by atoms with Gasteiger partial charge in [0.2, 0.25) is 0 Å². The van der Waals surface area contributed by atoms with Gasteiger partial charge in [-0.1, -0.05) is 17.7 Å². The fraction of sp³-hybridized carbons (Fsp3) is 0.542. The number of amides is 1. The topological polar surface area (TPSA) is 88.6 Å². The first-order valence-corrected chi connectivity index (χ1v) is 11.8. The Morgan fingerprint density at radius 1 is 1.18 bits per heavy atom. The van der Waals surface area contributed by atoms with Crippen molar-refractivity contribution in [1.82, 2.24) is 20.2 Å². The lowest BCUT2D eigenvalue weighted by molar-refractivity contribution is -0.0533. The van der Waals surface area contributed by atoms with Gasteiger partial charge in [-0.25, -0.2) is 9.97 Å². The van der Waals surface area contributed by atoms with E-state index in [2.05, 4.69) is 20.6 Å². The molecule has 2 N–H and O–H groups in total. The van der Waals surface area contributed by atoms with E-state index in [4.69, 9.17) is 21.1 Å². The summed E-state index contributed by atoms with van der Waals surface area (Å²) < 4.78 is 11.1. The van der Waals surface area contributed by atoms with Crippen LogP contribution in [0.3, 0.4) is 0 Å². The van der Waals surface area contributed by atoms with Gasteiger partial charge in [0.05, 0.1) is 12.7 Å². The van der Waals surface area contributed by atoms with Crippen LogP contribution in [-0.4, -0.2) is 72.4 Å². The summed E-state index contributed by atoms with van der Waals surface area (Å²) in [5, 5.41) is 7.71. The summed E-state index contributed by atoms with van der Waals surface area (Å²) in [6, 6.07) is 6.33. The molecule has 1 aromatic heterocycles. The van der Waals surface area contributed by atoms with Gasteiger partial charge in [0.15, 0.2) is 0 Å². The molecule has 0 aliphatic carbocycles. The second-order valence-corrected chi connectivity index (χ2v) is 9.12. The molecule has 2 aliphatic rings. The van der Waals surface area contributed by atoms with Gasteiger partial charge < -0.3 is 25.0 Å². The molecular formula is C24H32ClN5O3. The number of piperidine rings is 1. The van der Waals surface area contributed by atoms with E-state index in [9.17, 15) is 4.79 Å². The number of hydrogen-bond acceptors (Lipinski definition) is 7. The molecule has 8 nitrogen and oxygen atoms in total. The van der Waals surface area contributed by atoms with E-state index in [1.807, 2.05) is 36.9 Å². The van der Waals surface area contributed by atoms with Gasteiger partial charge in [-0.15, -0.1) is 0 Å². The summed E-state index contributed by atoms with van der Waals surface area (Å²) in [5.74, 6) is 0.556. The molecule has 2 fully saturated rings. The van der Waals surface area contributed by atoms with Crippen LogP contribution >= 0.6 is 11.6 Å². The zero-order chi connectivity index (χ0) is 23.4. The van der Waals surface area contributed by atoms with Gasteiger partial charge in [0, 0.05) is 55.2 Å². The first kappa shape index (κ1) is 23.9. The van der Waals surface area contributed by atoms with Crippen molar-refractivity contribution in [3.8, 4) is 0 Å². The van der Waals surface area contributed by atoms with Gasteiger partial charge in [-0.3, -0.25) is 4.79 Å². The number of carbonyl (C=O) groups excluding carboxylic acids is 1. The lowest BCUT2D eigenvalue weighted by Gasteiger charge is -2.38. The number of nitrogens with one attached hydrogen (secondary N) is 2. The van der Waals surface area contributed by atoms with Gasteiger partial charge in [-0.05, 0) is 50.8 Å². The summed E-state index contributed by atoms with van der Waals surface area (Å²) in [4.78, 5) is 23.8. The monoisotopic (exact) mass is 473 g/mol. The summed E-state index contributed by atoms with van der Waals surface area (Å²) >= 11 is 6.24. The van der Waals surface area contributed by atoms with Crippen molar-refractivity contribution in [2.75, 3.05) is 38.7 Å². The average Bonchev–Trinajstić information content (AvgIpc) is 2.83. The lowest BCUT2D eigenvalue weighted by atomic mass is 9.99. The Kier molecular flexibility index (Phi) is 7.80. The van der Waals surface area contributed by atoms with Crippen molar-refractivity contribution in [3.05, 3.63) is 46.4 Å². The summed E-state index contributed by atoms with van der Waals surface area (Å²) in [6.07, 6.45) is 4.26. The number of benzene rings is 1. The third-order valence-corrected chi connectivity index (χ3v) is 7.06. The van der Waals surface area contributed by atoms with Crippen LogP contribution in [0, 0.1) is 13.8 Å². The van der Waals surface area contributed by atoms with E-state index in [0.717, 1.165) is 42.7 Å². The minimum Gasteiger partial charge on any atom is -0.379 e. The number of hydrogen-bond donors (Lipinski definition) is 2. The molecule has 178 valence electrons. The van der Waals surface area contributed by atoms with Crippen molar-refractivity contribution >= 4 is 29.0 Å². The minimum atomic E-state index is -0.0555. The molecule has 2 aliphatic heterocycles. The molecule has 0 radical (unpaired) electrons. The van der Waals surface area contributed by atoms with Gasteiger partial charge in [-0.2, -0.15) is 0 Å². The zero-order valence-electron chi connectivity index (χ0n) is 19.4. The Morgan fingerprint density at radius 3 is 2.73 bits per heavy atom. The highest BCUT2D eigenvalue weighted by Gasteiger charge is 2.31. The van der Waals surface area contributed by atoms with Crippen LogP contribution in [0.2, 0.25) is 5.02 Å². The molecular weight excluding hydrogens is 442 g/mol. The highest BCUT2D eigenvalue weighted by molar-refractivity contribution is 6.31. The first-order chi connectivity index (χ1) is 16.0. The van der Waals surface area contributed by atoms with Crippen molar-refractivity contribution in [2.24, 2.45) is 0 Å².